The number of aliphatic hydroxyl groups excluding tert-OH is 6. The van der Waals surface area contributed by atoms with E-state index >= 15 is 0 Å². The number of carbonyl (C=O) groups is 7. The molecule has 0 rings (SSSR count). The van der Waals surface area contributed by atoms with Gasteiger partial charge in [-0.15, -0.1) is 0 Å². The summed E-state index contributed by atoms with van der Waals surface area (Å²) in [4.78, 5) is 91.2. The lowest BCUT2D eigenvalue weighted by atomic mass is 9.91. The fourth-order valence-corrected chi connectivity index (χ4v) is 2.03. The number of carboxylic acid groups (broad SMARTS) is 6. The van der Waals surface area contributed by atoms with Crippen molar-refractivity contribution in [3.8, 4) is 0 Å². The molecule has 65 heavy (non-hydrogen) atoms. The second-order valence-electron chi connectivity index (χ2n) is 10.8. The minimum Gasteiger partial charge on any atom is -0.478 e. The van der Waals surface area contributed by atoms with Crippen LogP contribution in [0, 0.1) is 10.8 Å². The molecule has 0 aliphatic heterocycles. The molecule has 0 atom stereocenters. The molecule has 0 aromatic carbocycles. The van der Waals surface area contributed by atoms with Crippen LogP contribution in [0.4, 0.5) is 4.79 Å². The molecule has 0 aromatic rings. The zero-order valence-corrected chi connectivity index (χ0v) is 36.1. The molecule has 0 saturated carbocycles. The highest BCUT2D eigenvalue weighted by Gasteiger charge is 2.32. The minimum absolute atomic E-state index is 0.141. The van der Waals surface area contributed by atoms with Gasteiger partial charge in [0.1, 0.15) is 0 Å². The molecule has 0 saturated heterocycles. The van der Waals surface area contributed by atoms with Gasteiger partial charge in [0.25, 0.3) is 0 Å². The average Bonchev–Trinajstić information content (AvgIpc) is 3.29. The summed E-state index contributed by atoms with van der Waals surface area (Å²) in [5.74, 6) is -5.89. The third-order valence-electron chi connectivity index (χ3n) is 5.58. The van der Waals surface area contributed by atoms with Gasteiger partial charge in [-0.05, 0) is 19.8 Å². The number of nitrogens with two attached hydrogens (primary N) is 1. The highest BCUT2D eigenvalue weighted by Crippen LogP contribution is 2.19. The van der Waals surface area contributed by atoms with Gasteiger partial charge in [0.15, 0.2) is 0 Å². The molecule has 0 heterocycles. The number of aliphatic imine (C=N–C) groups is 2. The van der Waals surface area contributed by atoms with Crippen molar-refractivity contribution in [2.45, 2.75) is 32.6 Å². The molecule has 1 amide bonds. The SMILES string of the molecule is C=CC(=O)O.C=CC(=O)O.C=CC(=O)O.C=CC(=O)O.C=CC(=O)O.C=CC(=O)O.CCOC(N)=O.O=C=NCCCCCCN=C=O.OCC(CO)(CO)COCC(CO)(CO)CO. The number of aliphatic hydroxyl groups is 6. The van der Waals surface area contributed by atoms with Crippen LogP contribution in [0.5, 0.6) is 0 Å². The number of primary amides is 1. The molecule has 26 nitrogen and oxygen atoms in total. The number of carbonyl (C=O) groups excluding carboxylic acids is 3. The molecular weight excluding hydrogens is 878 g/mol. The normalized spacial score (nSPS) is 8.60. The molecule has 0 aliphatic rings. The van der Waals surface area contributed by atoms with E-state index in [1.807, 2.05) is 0 Å². The van der Waals surface area contributed by atoms with E-state index < -0.39 is 92.4 Å². The zero-order valence-electron chi connectivity index (χ0n) is 36.1. The van der Waals surface area contributed by atoms with Crippen molar-refractivity contribution in [1.82, 2.24) is 0 Å². The van der Waals surface area contributed by atoms with Crippen molar-refractivity contribution in [3.05, 3.63) is 75.9 Å². The lowest BCUT2D eigenvalue weighted by Crippen LogP contribution is -2.43. The van der Waals surface area contributed by atoms with Crippen molar-refractivity contribution < 1.29 is 114 Å². The molecule has 0 unspecified atom stereocenters. The number of hydrogen-bond acceptors (Lipinski definition) is 19. The second kappa shape index (κ2) is 63.6. The van der Waals surface area contributed by atoms with Crippen molar-refractivity contribution in [2.24, 2.45) is 26.5 Å². The molecule has 0 bridgehead atoms. The maximum Gasteiger partial charge on any atom is 0.404 e. The van der Waals surface area contributed by atoms with Gasteiger partial charge in [0.2, 0.25) is 12.2 Å². The van der Waals surface area contributed by atoms with Crippen LogP contribution >= 0.6 is 0 Å². The number of unbranched alkanes of at least 4 members (excludes halogenated alkanes) is 3. The number of aliphatic carboxylic acids is 6. The van der Waals surface area contributed by atoms with Crippen LogP contribution in [0.2, 0.25) is 0 Å². The maximum atomic E-state index is 9.63. The predicted octanol–water partition coefficient (Wildman–Crippen LogP) is -0.208. The van der Waals surface area contributed by atoms with Gasteiger partial charge < -0.3 is 76.5 Å². The summed E-state index contributed by atoms with van der Waals surface area (Å²) in [6, 6.07) is 0. The number of ether oxygens (including phenoxy) is 2. The number of hydrogen-bond donors (Lipinski definition) is 13. The summed E-state index contributed by atoms with van der Waals surface area (Å²) in [6.07, 6.45) is 11.1. The maximum absolute atomic E-state index is 9.63. The Morgan fingerprint density at radius 3 is 0.800 bits per heavy atom. The van der Waals surface area contributed by atoms with E-state index in [1.165, 1.54) is 12.2 Å². The molecule has 0 aliphatic carbocycles. The Kier molecular flexibility index (Phi) is 76.9. The Hall–Kier alpha value is -6.99. The van der Waals surface area contributed by atoms with Crippen molar-refractivity contribution in [3.63, 3.8) is 0 Å². The van der Waals surface area contributed by atoms with E-state index in [0.717, 1.165) is 62.1 Å². The quantitative estimate of drug-likeness (QED) is 0.0258. The Balaban J connectivity index is -0.0000000821. The summed E-state index contributed by atoms with van der Waals surface area (Å²) in [6.45, 7) is 17.9. The Morgan fingerprint density at radius 2 is 0.692 bits per heavy atom. The van der Waals surface area contributed by atoms with Gasteiger partial charge in [-0.1, -0.05) is 52.3 Å². The first-order valence-corrected chi connectivity index (χ1v) is 17.7. The molecule has 14 N–H and O–H groups in total. The molecular formula is C39H65N3O23. The third kappa shape index (κ3) is 93.3. The van der Waals surface area contributed by atoms with Gasteiger partial charge in [-0.25, -0.2) is 53.1 Å². The molecule has 26 heteroatoms. The van der Waals surface area contributed by atoms with Crippen LogP contribution in [-0.4, -0.2) is 188 Å². The summed E-state index contributed by atoms with van der Waals surface area (Å²) in [7, 11) is 0. The smallest absolute Gasteiger partial charge is 0.404 e. The van der Waals surface area contributed by atoms with Crippen molar-refractivity contribution in [2.75, 3.05) is 72.6 Å². The van der Waals surface area contributed by atoms with E-state index in [4.69, 9.17) is 66.0 Å². The van der Waals surface area contributed by atoms with E-state index in [-0.39, 0.29) is 13.2 Å². The summed E-state index contributed by atoms with van der Waals surface area (Å²) in [5, 5.41) is 99.8. The van der Waals surface area contributed by atoms with Crippen LogP contribution in [0.25, 0.3) is 0 Å². The van der Waals surface area contributed by atoms with Crippen LogP contribution in [0.15, 0.2) is 85.9 Å². The summed E-state index contributed by atoms with van der Waals surface area (Å²) >= 11 is 0. The largest absolute Gasteiger partial charge is 0.478 e. The second-order valence-corrected chi connectivity index (χ2v) is 10.8. The van der Waals surface area contributed by atoms with Crippen LogP contribution in [0.3, 0.4) is 0 Å². The Labute approximate surface area is 375 Å². The monoisotopic (exact) mass is 943 g/mol. The third-order valence-corrected chi connectivity index (χ3v) is 5.58. The minimum atomic E-state index is -1.16. The number of amides is 1. The van der Waals surface area contributed by atoms with Gasteiger partial charge in [0.05, 0.1) is 83.4 Å². The first-order valence-electron chi connectivity index (χ1n) is 17.7. The highest BCUT2D eigenvalue weighted by atomic mass is 16.5. The topological polar surface area (TPSA) is 466 Å². The number of isocyanates is 2. The van der Waals surface area contributed by atoms with Gasteiger partial charge >= 0.3 is 41.9 Å². The first kappa shape index (κ1) is 78.5. The van der Waals surface area contributed by atoms with Gasteiger partial charge in [-0.2, -0.15) is 0 Å². The van der Waals surface area contributed by atoms with Gasteiger partial charge in [-0.3, -0.25) is 0 Å². The predicted molar refractivity (Wildman–Crippen MR) is 231 cm³/mol. The van der Waals surface area contributed by atoms with E-state index in [2.05, 4.69) is 59.9 Å². The zero-order chi connectivity index (χ0) is 53.1. The lowest BCUT2D eigenvalue weighted by molar-refractivity contribution is -0.132. The molecule has 0 fully saturated rings. The van der Waals surface area contributed by atoms with Crippen LogP contribution in [0.1, 0.15) is 32.6 Å². The van der Waals surface area contributed by atoms with E-state index in [1.54, 1.807) is 6.92 Å². The Morgan fingerprint density at radius 1 is 0.492 bits per heavy atom. The molecule has 0 aromatic heterocycles. The molecule has 374 valence electrons. The number of nitrogens with zero attached hydrogens (tertiary/aromatic N) is 2. The lowest BCUT2D eigenvalue weighted by Gasteiger charge is -2.31. The van der Waals surface area contributed by atoms with E-state index in [9.17, 15) is 43.2 Å². The fourth-order valence-electron chi connectivity index (χ4n) is 2.03. The molecule has 0 spiro atoms. The summed E-state index contributed by atoms with van der Waals surface area (Å²) < 4.78 is 9.33. The fraction of sp³-hybridized carbons (Fsp3) is 0.462. The van der Waals surface area contributed by atoms with Crippen LogP contribution in [-0.2, 0) is 47.8 Å². The summed E-state index contributed by atoms with van der Waals surface area (Å²) in [5.41, 5.74) is 2.22. The molecule has 0 radical (unpaired) electrons. The number of rotatable bonds is 24. The standard InChI is InChI=1S/C10H22O7.C8H12N2O2.C3H7NO2.6C3H4O2/c11-1-9(2-12,3-13)7-17-8-10(4-14,5-15)6-16;11-7-9-5-3-1-2-4-6-10-8-12;1-2-6-3(4)5;6*1-2-3(4)5/h11-16H,1-8H2;1-6H2;2H2,1H3,(H2,4,5);6*2H,1H2,(H,4,5). The number of carboxylic acids is 6. The van der Waals surface area contributed by atoms with Gasteiger partial charge in [0, 0.05) is 36.5 Å². The van der Waals surface area contributed by atoms with Crippen LogP contribution < -0.4 is 5.73 Å². The Bertz CT molecular complexity index is 1220. The van der Waals surface area contributed by atoms with Crippen molar-refractivity contribution >= 4 is 54.1 Å². The average molecular weight is 944 g/mol. The van der Waals surface area contributed by atoms with Crippen molar-refractivity contribution in [1.29, 1.82) is 0 Å². The van der Waals surface area contributed by atoms with E-state index in [0.29, 0.717) is 19.7 Å². The first-order chi connectivity index (χ1) is 30.4. The highest BCUT2D eigenvalue weighted by molar-refractivity contribution is 5.80.